The molecule has 258 valence electrons. The largest absolute Gasteiger partial charge is 0.494 e. The fourth-order valence-corrected chi connectivity index (χ4v) is 6.40. The molecule has 1 atom stereocenters. The number of rotatable bonds is 13. The van der Waals surface area contributed by atoms with E-state index in [0.29, 0.717) is 16.9 Å². The lowest BCUT2D eigenvalue weighted by atomic mass is 9.89. The fraction of sp³-hybridized carbons (Fsp3) is 0.484. The van der Waals surface area contributed by atoms with Gasteiger partial charge < -0.3 is 25.0 Å². The predicted molar refractivity (Wildman–Crippen MR) is 163 cm³/mol. The van der Waals surface area contributed by atoms with E-state index in [1.165, 1.54) is 22.5 Å². The lowest BCUT2D eigenvalue weighted by molar-refractivity contribution is -0.284. The maximum absolute atomic E-state index is 13.2. The van der Waals surface area contributed by atoms with E-state index in [4.69, 9.17) is 14.6 Å². The van der Waals surface area contributed by atoms with E-state index in [1.807, 2.05) is 0 Å². The highest BCUT2D eigenvalue weighted by Gasteiger charge is 2.56. The lowest BCUT2D eigenvalue weighted by Crippen LogP contribution is -2.50. The van der Waals surface area contributed by atoms with Gasteiger partial charge in [0, 0.05) is 30.5 Å². The van der Waals surface area contributed by atoms with Gasteiger partial charge in [0.15, 0.2) is 0 Å². The number of amides is 1. The lowest BCUT2D eigenvalue weighted by Gasteiger charge is -2.34. The molecule has 4 rings (SSSR count). The van der Waals surface area contributed by atoms with Crippen molar-refractivity contribution in [1.29, 1.82) is 0 Å². The fourth-order valence-electron chi connectivity index (χ4n) is 5.23. The van der Waals surface area contributed by atoms with Gasteiger partial charge in [-0.25, -0.2) is 8.42 Å². The topological polar surface area (TPSA) is 138 Å². The molecule has 16 heteroatoms. The Morgan fingerprint density at radius 1 is 1.06 bits per heavy atom. The van der Waals surface area contributed by atoms with E-state index in [1.54, 1.807) is 38.1 Å². The number of halogens is 5. The molecular formula is C31H36F5N3O7S. The third-order valence-corrected chi connectivity index (χ3v) is 9.51. The van der Waals surface area contributed by atoms with Crippen molar-refractivity contribution in [2.24, 2.45) is 4.99 Å². The van der Waals surface area contributed by atoms with Crippen LogP contribution in [0.1, 0.15) is 47.9 Å². The molecule has 2 aliphatic heterocycles. The number of carbonyl (C=O) groups excluding carboxylic acids is 1. The molecule has 1 spiro atoms. The predicted octanol–water partition coefficient (Wildman–Crippen LogP) is 4.10. The number of aliphatic hydroxyl groups excluding tert-OH is 2. The van der Waals surface area contributed by atoms with E-state index in [-0.39, 0.29) is 50.7 Å². The van der Waals surface area contributed by atoms with Gasteiger partial charge in [-0.05, 0) is 80.1 Å². The molecule has 1 unspecified atom stereocenters. The van der Waals surface area contributed by atoms with Crippen molar-refractivity contribution in [3.8, 4) is 11.5 Å². The Bertz CT molecular complexity index is 1600. The van der Waals surface area contributed by atoms with Gasteiger partial charge in [0.2, 0.25) is 10.0 Å². The molecule has 2 heterocycles. The molecule has 1 amide bonds. The second-order valence-electron chi connectivity index (χ2n) is 11.5. The second-order valence-corrected chi connectivity index (χ2v) is 13.3. The average Bonchev–Trinajstić information content (AvgIpc) is 3.32. The first-order valence-electron chi connectivity index (χ1n) is 14.8. The van der Waals surface area contributed by atoms with Gasteiger partial charge in [0.1, 0.15) is 35.6 Å². The zero-order chi connectivity index (χ0) is 34.6. The van der Waals surface area contributed by atoms with E-state index >= 15 is 0 Å². The Morgan fingerprint density at radius 2 is 1.72 bits per heavy atom. The van der Waals surface area contributed by atoms with Crippen LogP contribution in [0.5, 0.6) is 11.5 Å². The van der Waals surface area contributed by atoms with Crippen LogP contribution in [0.3, 0.4) is 0 Å². The van der Waals surface area contributed by atoms with Crippen molar-refractivity contribution >= 4 is 27.8 Å². The van der Waals surface area contributed by atoms with Crippen LogP contribution in [0.15, 0.2) is 46.8 Å². The Hall–Kier alpha value is -3.60. The number of nitrogens with one attached hydrogen (secondary N) is 1. The van der Waals surface area contributed by atoms with Gasteiger partial charge in [-0.15, -0.1) is 0 Å². The first kappa shape index (κ1) is 36.2. The van der Waals surface area contributed by atoms with E-state index < -0.39 is 59.1 Å². The Labute approximate surface area is 268 Å². The molecule has 2 aliphatic rings. The number of carbonyl (C=O) groups is 1. The van der Waals surface area contributed by atoms with Gasteiger partial charge in [-0.3, -0.25) is 9.79 Å². The first-order valence-corrected chi connectivity index (χ1v) is 16.3. The molecule has 0 bridgehead atoms. The first-order chi connectivity index (χ1) is 22.0. The molecule has 2 aromatic carbocycles. The number of hydrogen-bond acceptors (Lipinski definition) is 8. The molecule has 10 nitrogen and oxygen atoms in total. The highest BCUT2D eigenvalue weighted by Crippen LogP contribution is 2.39. The summed E-state index contributed by atoms with van der Waals surface area (Å²) in [5, 5.41) is 22.3. The van der Waals surface area contributed by atoms with Crippen LogP contribution in [0.2, 0.25) is 0 Å². The van der Waals surface area contributed by atoms with Gasteiger partial charge in [0.25, 0.3) is 5.91 Å². The SMILES string of the molecule is Cc1cc(OCC(O)CO)cc(C)c1/C=C/S(=O)(=O)N1CCC2(CC1)N=C(c1cccc(OCCCC(F)(F)C(F)(F)F)c1)NC2=O. The number of nitrogens with zero attached hydrogens (tertiary/aromatic N) is 2. The molecule has 0 saturated carbocycles. The molecule has 0 radical (unpaired) electrons. The smallest absolute Gasteiger partial charge is 0.453 e. The summed E-state index contributed by atoms with van der Waals surface area (Å²) in [4.78, 5) is 17.6. The molecule has 47 heavy (non-hydrogen) atoms. The number of piperidine rings is 1. The standard InChI is InChI=1S/C31H36F5N3O7S/c1-20-15-25(46-19-23(41)18-40)16-21(2)26(20)7-14-47(43,44)39-11-9-29(10-12-39)28(42)37-27(38-29)22-5-3-6-24(17-22)45-13-4-8-30(32,33)31(34,35)36/h3,5-7,14-17,23,40-41H,4,8-13,18-19H2,1-2H3,(H,37,38,42)/b14-7+. The van der Waals surface area contributed by atoms with Crippen LogP contribution < -0.4 is 14.8 Å². The van der Waals surface area contributed by atoms with Crippen LogP contribution in [-0.4, -0.2) is 91.3 Å². The maximum atomic E-state index is 13.2. The van der Waals surface area contributed by atoms with Crippen LogP contribution >= 0.6 is 0 Å². The Balaban J connectivity index is 1.37. The number of sulfonamides is 1. The number of amidine groups is 1. The van der Waals surface area contributed by atoms with Crippen LogP contribution in [0, 0.1) is 13.8 Å². The number of aliphatic hydroxyl groups is 2. The highest BCUT2D eigenvalue weighted by atomic mass is 32.2. The summed E-state index contributed by atoms with van der Waals surface area (Å²) < 4.78 is 102. The molecule has 0 aromatic heterocycles. The summed E-state index contributed by atoms with van der Waals surface area (Å²) in [6, 6.07) is 9.54. The zero-order valence-corrected chi connectivity index (χ0v) is 26.5. The van der Waals surface area contributed by atoms with Crippen LogP contribution in [-0.2, 0) is 14.8 Å². The van der Waals surface area contributed by atoms with Crippen LogP contribution in [0.4, 0.5) is 22.0 Å². The normalized spacial score (nSPS) is 18.0. The molecule has 3 N–H and O–H groups in total. The third-order valence-electron chi connectivity index (χ3n) is 7.94. The molecule has 1 saturated heterocycles. The maximum Gasteiger partial charge on any atom is 0.453 e. The number of aryl methyl sites for hydroxylation is 2. The van der Waals surface area contributed by atoms with Crippen molar-refractivity contribution in [2.45, 2.75) is 63.3 Å². The van der Waals surface area contributed by atoms with Crippen molar-refractivity contribution in [3.05, 3.63) is 64.1 Å². The van der Waals surface area contributed by atoms with E-state index in [2.05, 4.69) is 10.3 Å². The summed E-state index contributed by atoms with van der Waals surface area (Å²) >= 11 is 0. The van der Waals surface area contributed by atoms with E-state index in [0.717, 1.165) is 16.5 Å². The summed E-state index contributed by atoms with van der Waals surface area (Å²) in [5.74, 6) is -4.34. The Morgan fingerprint density at radius 3 is 2.34 bits per heavy atom. The van der Waals surface area contributed by atoms with Gasteiger partial charge >= 0.3 is 12.1 Å². The number of alkyl halides is 5. The number of benzene rings is 2. The van der Waals surface area contributed by atoms with Crippen molar-refractivity contribution in [1.82, 2.24) is 9.62 Å². The second kappa shape index (κ2) is 14.3. The minimum Gasteiger partial charge on any atom is -0.494 e. The summed E-state index contributed by atoms with van der Waals surface area (Å²) in [5.41, 5.74) is 1.39. The highest BCUT2D eigenvalue weighted by molar-refractivity contribution is 7.92. The van der Waals surface area contributed by atoms with Gasteiger partial charge in [-0.2, -0.15) is 26.3 Å². The zero-order valence-electron chi connectivity index (χ0n) is 25.7. The number of aliphatic imine (C=N–C) groups is 1. The summed E-state index contributed by atoms with van der Waals surface area (Å²) in [7, 11) is -3.86. The third kappa shape index (κ3) is 8.66. The average molecular weight is 690 g/mol. The van der Waals surface area contributed by atoms with Crippen molar-refractivity contribution < 1.29 is 54.9 Å². The molecule has 1 fully saturated rings. The molecule has 0 aliphatic carbocycles. The van der Waals surface area contributed by atoms with Crippen LogP contribution in [0.25, 0.3) is 6.08 Å². The summed E-state index contributed by atoms with van der Waals surface area (Å²) in [6.07, 6.45) is -6.88. The van der Waals surface area contributed by atoms with Gasteiger partial charge in [0.05, 0.1) is 13.2 Å². The Kier molecular flexibility index (Phi) is 11.0. The minimum absolute atomic E-state index is 0.0283. The number of hydrogen-bond donors (Lipinski definition) is 3. The van der Waals surface area contributed by atoms with E-state index in [9.17, 15) is 40.3 Å². The molecular weight excluding hydrogens is 653 g/mol. The van der Waals surface area contributed by atoms with Crippen molar-refractivity contribution in [2.75, 3.05) is 32.9 Å². The van der Waals surface area contributed by atoms with Crippen molar-refractivity contribution in [3.63, 3.8) is 0 Å². The molecule has 2 aromatic rings. The minimum atomic E-state index is -5.63. The number of ether oxygens (including phenoxy) is 2. The summed E-state index contributed by atoms with van der Waals surface area (Å²) in [6.45, 7) is 2.71. The quantitative estimate of drug-likeness (QED) is 0.213. The van der Waals surface area contributed by atoms with Gasteiger partial charge in [-0.1, -0.05) is 12.1 Å². The monoisotopic (exact) mass is 689 g/mol.